The van der Waals surface area contributed by atoms with E-state index in [1.807, 2.05) is 18.7 Å². The van der Waals surface area contributed by atoms with E-state index in [0.29, 0.717) is 11.2 Å². The molecule has 0 saturated carbocycles. The van der Waals surface area contributed by atoms with Crippen molar-refractivity contribution in [3.8, 4) is 0 Å². The summed E-state index contributed by atoms with van der Waals surface area (Å²) in [7, 11) is 1.46. The van der Waals surface area contributed by atoms with E-state index in [1.165, 1.54) is 7.11 Å². The first kappa shape index (κ1) is 18.8. The number of nitrogens with one attached hydrogen (secondary N) is 1. The Labute approximate surface area is 123 Å². The summed E-state index contributed by atoms with van der Waals surface area (Å²) in [6, 6.07) is 0.270. The average Bonchev–Trinajstić information content (AvgIpc) is 2.32. The Hall–Kier alpha value is -0.220. The first-order valence-corrected chi connectivity index (χ1v) is 8.25. The minimum Gasteiger partial charge on any atom is -0.468 e. The first-order valence-electron chi connectivity index (χ1n) is 7.20. The molecule has 0 aromatic heterocycles. The highest BCUT2D eigenvalue weighted by atomic mass is 32.2. The number of ether oxygens (including phenoxy) is 1. The normalized spacial score (nSPS) is 16.5. The molecule has 0 amide bonds. The number of carbonyl (C=O) groups is 1. The van der Waals surface area contributed by atoms with Crippen LogP contribution in [0.1, 0.15) is 54.4 Å². The van der Waals surface area contributed by atoms with Crippen molar-refractivity contribution in [2.75, 3.05) is 12.9 Å². The van der Waals surface area contributed by atoms with Crippen LogP contribution in [0.25, 0.3) is 0 Å². The molecule has 114 valence electrons. The first-order chi connectivity index (χ1) is 8.73. The number of thioether (sulfide) groups is 1. The minimum absolute atomic E-state index is 0.164. The summed E-state index contributed by atoms with van der Waals surface area (Å²) in [4.78, 5) is 11.9. The molecule has 0 heterocycles. The van der Waals surface area contributed by atoms with Gasteiger partial charge in [-0.1, -0.05) is 20.8 Å². The highest BCUT2D eigenvalue weighted by Gasteiger charge is 2.34. The van der Waals surface area contributed by atoms with E-state index < -0.39 is 5.54 Å². The fourth-order valence-corrected chi connectivity index (χ4v) is 3.05. The molecular weight excluding hydrogens is 258 g/mol. The van der Waals surface area contributed by atoms with Gasteiger partial charge in [-0.15, -0.1) is 0 Å². The van der Waals surface area contributed by atoms with Gasteiger partial charge in [-0.25, -0.2) is 0 Å². The molecule has 2 unspecified atom stereocenters. The molecule has 0 saturated heterocycles. The fourth-order valence-electron chi connectivity index (χ4n) is 1.98. The second kappa shape index (κ2) is 8.85. The van der Waals surface area contributed by atoms with Gasteiger partial charge in [0.2, 0.25) is 0 Å². The Morgan fingerprint density at radius 1 is 1.26 bits per heavy atom. The van der Waals surface area contributed by atoms with Crippen LogP contribution in [0.5, 0.6) is 0 Å². The van der Waals surface area contributed by atoms with Crippen LogP contribution < -0.4 is 5.32 Å². The lowest BCUT2D eigenvalue weighted by molar-refractivity contribution is -0.148. The Morgan fingerprint density at radius 2 is 1.84 bits per heavy atom. The Kier molecular flexibility index (Phi) is 8.75. The third kappa shape index (κ3) is 7.21. The molecule has 0 radical (unpaired) electrons. The Bertz CT molecular complexity index is 269. The Balaban J connectivity index is 4.24. The molecule has 0 spiro atoms. The average molecular weight is 289 g/mol. The van der Waals surface area contributed by atoms with Gasteiger partial charge in [-0.3, -0.25) is 10.1 Å². The van der Waals surface area contributed by atoms with Gasteiger partial charge in [0.15, 0.2) is 0 Å². The van der Waals surface area contributed by atoms with Crippen LogP contribution in [0.15, 0.2) is 0 Å². The molecule has 2 atom stereocenters. The number of hydrogen-bond donors (Lipinski definition) is 1. The molecular formula is C15H31NO2S. The van der Waals surface area contributed by atoms with Gasteiger partial charge in [0.05, 0.1) is 7.11 Å². The molecule has 0 aliphatic carbocycles. The third-order valence-corrected chi connectivity index (χ3v) is 4.98. The highest BCUT2D eigenvalue weighted by molar-refractivity contribution is 7.99. The van der Waals surface area contributed by atoms with E-state index in [9.17, 15) is 4.79 Å². The molecule has 0 aromatic rings. The summed E-state index contributed by atoms with van der Waals surface area (Å²) in [5.41, 5.74) is -0.565. The SMILES string of the molecule is COC(=O)C(C)(CCCSC(C)C(C)C)NC(C)C. The summed E-state index contributed by atoms with van der Waals surface area (Å²) in [6.07, 6.45) is 1.84. The molecule has 1 N–H and O–H groups in total. The predicted octanol–water partition coefficient (Wildman–Crippen LogP) is 3.47. The van der Waals surface area contributed by atoms with Gasteiger partial charge < -0.3 is 4.74 Å². The molecule has 19 heavy (non-hydrogen) atoms. The summed E-state index contributed by atoms with van der Waals surface area (Å²) in [5.74, 6) is 1.63. The molecule has 0 fully saturated rings. The molecule has 0 aromatic carbocycles. The standard InChI is InChI=1S/C15H31NO2S/c1-11(2)13(5)19-10-8-9-15(6,14(17)18-7)16-12(3)4/h11-13,16H,8-10H2,1-7H3. The van der Waals surface area contributed by atoms with Crippen molar-refractivity contribution in [3.05, 3.63) is 0 Å². The van der Waals surface area contributed by atoms with Crippen molar-refractivity contribution in [2.24, 2.45) is 5.92 Å². The van der Waals surface area contributed by atoms with Crippen molar-refractivity contribution in [3.63, 3.8) is 0 Å². The van der Waals surface area contributed by atoms with Gasteiger partial charge in [-0.2, -0.15) is 11.8 Å². The van der Waals surface area contributed by atoms with Gasteiger partial charge >= 0.3 is 5.97 Å². The second-order valence-electron chi connectivity index (χ2n) is 6.05. The maximum Gasteiger partial charge on any atom is 0.325 e. The van der Waals surface area contributed by atoms with E-state index >= 15 is 0 Å². The lowest BCUT2D eigenvalue weighted by Crippen LogP contribution is -2.53. The zero-order chi connectivity index (χ0) is 15.1. The summed E-state index contributed by atoms with van der Waals surface area (Å²) < 4.78 is 4.92. The zero-order valence-corrected chi connectivity index (χ0v) is 14.4. The lowest BCUT2D eigenvalue weighted by atomic mass is 9.95. The van der Waals surface area contributed by atoms with E-state index in [-0.39, 0.29) is 12.0 Å². The number of hydrogen-bond acceptors (Lipinski definition) is 4. The topological polar surface area (TPSA) is 38.3 Å². The molecule has 0 rings (SSSR count). The summed E-state index contributed by atoms with van der Waals surface area (Å²) in [6.45, 7) is 12.8. The molecule has 0 aliphatic heterocycles. The maximum atomic E-state index is 11.9. The third-order valence-electron chi connectivity index (χ3n) is 3.38. The van der Waals surface area contributed by atoms with E-state index in [4.69, 9.17) is 4.74 Å². The van der Waals surface area contributed by atoms with E-state index in [1.54, 1.807) is 0 Å². The number of methoxy groups -OCH3 is 1. The second-order valence-corrected chi connectivity index (χ2v) is 7.53. The van der Waals surface area contributed by atoms with Crippen LogP contribution in [0.3, 0.4) is 0 Å². The van der Waals surface area contributed by atoms with E-state index in [0.717, 1.165) is 18.6 Å². The molecule has 0 aliphatic rings. The predicted molar refractivity (Wildman–Crippen MR) is 84.7 cm³/mol. The molecule has 3 nitrogen and oxygen atoms in total. The molecule has 4 heteroatoms. The monoisotopic (exact) mass is 289 g/mol. The van der Waals surface area contributed by atoms with Crippen LogP contribution in [-0.4, -0.2) is 35.7 Å². The number of esters is 1. The highest BCUT2D eigenvalue weighted by Crippen LogP contribution is 2.22. The van der Waals surface area contributed by atoms with E-state index in [2.05, 4.69) is 39.9 Å². The molecule has 0 bridgehead atoms. The largest absolute Gasteiger partial charge is 0.468 e. The van der Waals surface area contributed by atoms with Gasteiger partial charge in [0.1, 0.15) is 5.54 Å². The van der Waals surface area contributed by atoms with Crippen LogP contribution >= 0.6 is 11.8 Å². The van der Waals surface area contributed by atoms with Crippen molar-refractivity contribution >= 4 is 17.7 Å². The quantitative estimate of drug-likeness (QED) is 0.521. The van der Waals surface area contributed by atoms with Crippen molar-refractivity contribution < 1.29 is 9.53 Å². The fraction of sp³-hybridized carbons (Fsp3) is 0.933. The van der Waals surface area contributed by atoms with Crippen LogP contribution in [0, 0.1) is 5.92 Å². The van der Waals surface area contributed by atoms with Crippen molar-refractivity contribution in [1.29, 1.82) is 0 Å². The number of rotatable bonds is 9. The lowest BCUT2D eigenvalue weighted by Gasteiger charge is -2.30. The van der Waals surface area contributed by atoms with Gasteiger partial charge in [0, 0.05) is 11.3 Å². The van der Waals surface area contributed by atoms with Crippen LogP contribution in [0.4, 0.5) is 0 Å². The van der Waals surface area contributed by atoms with Gasteiger partial charge in [0.25, 0.3) is 0 Å². The van der Waals surface area contributed by atoms with Crippen LogP contribution in [0.2, 0.25) is 0 Å². The minimum atomic E-state index is -0.565. The zero-order valence-electron chi connectivity index (χ0n) is 13.6. The van der Waals surface area contributed by atoms with Crippen molar-refractivity contribution in [1.82, 2.24) is 5.32 Å². The maximum absolute atomic E-state index is 11.9. The summed E-state index contributed by atoms with van der Waals surface area (Å²) >= 11 is 1.98. The van der Waals surface area contributed by atoms with Crippen molar-refractivity contribution in [2.45, 2.75) is 71.2 Å². The smallest absolute Gasteiger partial charge is 0.325 e. The Morgan fingerprint density at radius 3 is 2.26 bits per heavy atom. The number of carbonyl (C=O) groups excluding carboxylic acids is 1. The summed E-state index contributed by atoms with van der Waals surface area (Å²) in [5, 5.41) is 4.00. The van der Waals surface area contributed by atoms with Gasteiger partial charge in [-0.05, 0) is 45.3 Å². The van der Waals surface area contributed by atoms with Crippen LogP contribution in [-0.2, 0) is 9.53 Å².